The Morgan fingerprint density at radius 1 is 1.06 bits per heavy atom. The van der Waals surface area contributed by atoms with E-state index >= 15 is 0 Å². The molecular formula is C12H8BrF2N. The summed E-state index contributed by atoms with van der Waals surface area (Å²) in [6, 6.07) is 9.64. The van der Waals surface area contributed by atoms with Gasteiger partial charge in [-0.25, -0.2) is 8.78 Å². The number of benzene rings is 2. The van der Waals surface area contributed by atoms with Crippen LogP contribution in [-0.2, 0) is 0 Å². The van der Waals surface area contributed by atoms with Crippen molar-refractivity contribution in [2.45, 2.75) is 0 Å². The minimum Gasteiger partial charge on any atom is -0.395 e. The van der Waals surface area contributed by atoms with Crippen LogP contribution in [0.15, 0.2) is 40.9 Å². The molecule has 0 aliphatic heterocycles. The topological polar surface area (TPSA) is 26.0 Å². The molecule has 2 rings (SSSR count). The molecule has 0 saturated heterocycles. The Bertz CT molecular complexity index is 526. The zero-order valence-corrected chi connectivity index (χ0v) is 9.76. The van der Waals surface area contributed by atoms with Gasteiger partial charge in [0.2, 0.25) is 0 Å². The maximum atomic E-state index is 13.8. The fourth-order valence-electron chi connectivity index (χ4n) is 1.47. The molecule has 0 spiro atoms. The number of nitrogen functional groups attached to an aromatic ring is 1. The van der Waals surface area contributed by atoms with E-state index in [-0.39, 0.29) is 15.7 Å². The molecule has 0 bridgehead atoms. The predicted octanol–water partition coefficient (Wildman–Crippen LogP) is 3.98. The van der Waals surface area contributed by atoms with Crippen LogP contribution in [0.5, 0.6) is 0 Å². The largest absolute Gasteiger partial charge is 0.395 e. The molecule has 0 fully saturated rings. The second-order valence-corrected chi connectivity index (χ2v) is 4.16. The van der Waals surface area contributed by atoms with E-state index in [0.29, 0.717) is 5.56 Å². The minimum absolute atomic E-state index is 0.0831. The van der Waals surface area contributed by atoms with Crippen molar-refractivity contribution in [1.29, 1.82) is 0 Å². The zero-order chi connectivity index (χ0) is 11.7. The first-order chi connectivity index (χ1) is 7.61. The number of rotatable bonds is 1. The standard InChI is InChI=1S/C12H8BrF2N/c13-8-6-9(14)10(11(15)12(8)16)7-4-2-1-3-5-7/h1-6H,16H2. The average Bonchev–Trinajstić information content (AvgIpc) is 2.28. The zero-order valence-electron chi connectivity index (χ0n) is 8.18. The van der Waals surface area contributed by atoms with Gasteiger partial charge in [-0.05, 0) is 27.6 Å². The molecule has 0 unspecified atom stereocenters. The van der Waals surface area contributed by atoms with Crippen LogP contribution in [0.3, 0.4) is 0 Å². The highest BCUT2D eigenvalue weighted by atomic mass is 79.9. The summed E-state index contributed by atoms with van der Waals surface area (Å²) in [5.41, 5.74) is 5.79. The van der Waals surface area contributed by atoms with E-state index in [2.05, 4.69) is 15.9 Å². The van der Waals surface area contributed by atoms with Crippen molar-refractivity contribution in [2.75, 3.05) is 5.73 Å². The van der Waals surface area contributed by atoms with Gasteiger partial charge in [-0.3, -0.25) is 0 Å². The molecule has 4 heteroatoms. The van der Waals surface area contributed by atoms with Gasteiger partial charge in [0.1, 0.15) is 5.82 Å². The molecule has 0 atom stereocenters. The van der Waals surface area contributed by atoms with Gasteiger partial charge in [-0.15, -0.1) is 0 Å². The SMILES string of the molecule is Nc1c(Br)cc(F)c(-c2ccccc2)c1F. The van der Waals surface area contributed by atoms with Crippen molar-refractivity contribution in [3.63, 3.8) is 0 Å². The Kier molecular flexibility index (Phi) is 2.92. The van der Waals surface area contributed by atoms with Crippen LogP contribution in [0.1, 0.15) is 0 Å². The quantitative estimate of drug-likeness (QED) is 0.788. The van der Waals surface area contributed by atoms with E-state index in [1.165, 1.54) is 6.07 Å². The molecule has 0 radical (unpaired) electrons. The van der Waals surface area contributed by atoms with Crippen molar-refractivity contribution in [3.8, 4) is 11.1 Å². The third kappa shape index (κ3) is 1.80. The first kappa shape index (κ1) is 11.1. The molecular weight excluding hydrogens is 276 g/mol. The van der Waals surface area contributed by atoms with Crippen LogP contribution in [0, 0.1) is 11.6 Å². The fraction of sp³-hybridized carbons (Fsp3) is 0. The molecule has 1 nitrogen and oxygen atoms in total. The van der Waals surface area contributed by atoms with E-state index in [1.807, 2.05) is 0 Å². The minimum atomic E-state index is -0.738. The van der Waals surface area contributed by atoms with E-state index in [1.54, 1.807) is 30.3 Å². The summed E-state index contributed by atoms with van der Waals surface area (Å²) < 4.78 is 27.7. The lowest BCUT2D eigenvalue weighted by Gasteiger charge is -2.08. The third-order valence-corrected chi connectivity index (χ3v) is 2.92. The molecule has 0 aromatic heterocycles. The summed E-state index contributed by atoms with van der Waals surface area (Å²) in [5, 5.41) is 0. The first-order valence-corrected chi connectivity index (χ1v) is 5.39. The van der Waals surface area contributed by atoms with Crippen molar-refractivity contribution in [2.24, 2.45) is 0 Å². The van der Waals surface area contributed by atoms with Crippen LogP contribution in [0.4, 0.5) is 14.5 Å². The van der Waals surface area contributed by atoms with E-state index in [9.17, 15) is 8.78 Å². The van der Waals surface area contributed by atoms with Gasteiger partial charge < -0.3 is 5.73 Å². The van der Waals surface area contributed by atoms with Gasteiger partial charge >= 0.3 is 0 Å². The summed E-state index contributed by atoms with van der Waals surface area (Å²) in [4.78, 5) is 0. The van der Waals surface area contributed by atoms with E-state index in [4.69, 9.17) is 5.73 Å². The molecule has 82 valence electrons. The van der Waals surface area contributed by atoms with Crippen LogP contribution in [0.2, 0.25) is 0 Å². The average molecular weight is 284 g/mol. The van der Waals surface area contributed by atoms with Crippen molar-refractivity contribution < 1.29 is 8.78 Å². The molecule has 2 aromatic rings. The fourth-order valence-corrected chi connectivity index (χ4v) is 1.85. The highest BCUT2D eigenvalue weighted by molar-refractivity contribution is 9.10. The Balaban J connectivity index is 2.71. The summed E-state index contributed by atoms with van der Waals surface area (Å²) in [5.74, 6) is -1.37. The molecule has 0 amide bonds. The maximum Gasteiger partial charge on any atom is 0.157 e. The van der Waals surface area contributed by atoms with Crippen LogP contribution < -0.4 is 5.73 Å². The smallest absolute Gasteiger partial charge is 0.157 e. The molecule has 16 heavy (non-hydrogen) atoms. The Morgan fingerprint density at radius 3 is 2.31 bits per heavy atom. The lowest BCUT2D eigenvalue weighted by Crippen LogP contribution is -1.98. The van der Waals surface area contributed by atoms with Crippen LogP contribution in [0.25, 0.3) is 11.1 Å². The predicted molar refractivity (Wildman–Crippen MR) is 63.9 cm³/mol. The Morgan fingerprint density at radius 2 is 1.69 bits per heavy atom. The van der Waals surface area contributed by atoms with E-state index < -0.39 is 11.6 Å². The van der Waals surface area contributed by atoms with Crippen molar-refractivity contribution in [3.05, 3.63) is 52.5 Å². The summed E-state index contributed by atoms with van der Waals surface area (Å²) in [6.07, 6.45) is 0. The maximum absolute atomic E-state index is 13.8. The number of anilines is 1. The third-order valence-electron chi connectivity index (χ3n) is 2.27. The second kappa shape index (κ2) is 4.22. The lowest BCUT2D eigenvalue weighted by atomic mass is 10.0. The second-order valence-electron chi connectivity index (χ2n) is 3.31. The monoisotopic (exact) mass is 283 g/mol. The van der Waals surface area contributed by atoms with Crippen molar-refractivity contribution >= 4 is 21.6 Å². The van der Waals surface area contributed by atoms with E-state index in [0.717, 1.165) is 0 Å². The first-order valence-electron chi connectivity index (χ1n) is 4.59. The number of hydrogen-bond donors (Lipinski definition) is 1. The lowest BCUT2D eigenvalue weighted by molar-refractivity contribution is 0.591. The molecule has 0 heterocycles. The highest BCUT2D eigenvalue weighted by Gasteiger charge is 2.16. The molecule has 0 saturated carbocycles. The van der Waals surface area contributed by atoms with Gasteiger partial charge in [-0.1, -0.05) is 30.3 Å². The van der Waals surface area contributed by atoms with Crippen molar-refractivity contribution in [1.82, 2.24) is 0 Å². The normalized spacial score (nSPS) is 10.4. The molecule has 2 aromatic carbocycles. The summed E-state index contributed by atoms with van der Waals surface area (Å²) >= 11 is 3.00. The van der Waals surface area contributed by atoms with Crippen LogP contribution >= 0.6 is 15.9 Å². The van der Waals surface area contributed by atoms with Crippen LogP contribution in [-0.4, -0.2) is 0 Å². The Hall–Kier alpha value is -1.42. The number of hydrogen-bond acceptors (Lipinski definition) is 1. The van der Waals surface area contributed by atoms with Gasteiger partial charge in [-0.2, -0.15) is 0 Å². The molecule has 0 aliphatic rings. The van der Waals surface area contributed by atoms with Gasteiger partial charge in [0.15, 0.2) is 5.82 Å². The number of halogens is 3. The highest BCUT2D eigenvalue weighted by Crippen LogP contribution is 2.33. The molecule has 0 aliphatic carbocycles. The summed E-state index contributed by atoms with van der Waals surface area (Å²) in [7, 11) is 0. The summed E-state index contributed by atoms with van der Waals surface area (Å²) in [6.45, 7) is 0. The van der Waals surface area contributed by atoms with Gasteiger partial charge in [0.05, 0.1) is 11.3 Å². The Labute approximate surface area is 100 Å². The molecule has 2 N–H and O–H groups in total. The van der Waals surface area contributed by atoms with Gasteiger partial charge in [0.25, 0.3) is 0 Å². The van der Waals surface area contributed by atoms with Gasteiger partial charge in [0, 0.05) is 4.47 Å². The number of nitrogens with two attached hydrogens (primary N) is 1.